The number of hydrogen-bond acceptors (Lipinski definition) is 5. The molecule has 2 heterocycles. The van der Waals surface area contributed by atoms with E-state index in [1.54, 1.807) is 4.90 Å². The van der Waals surface area contributed by atoms with E-state index in [1.807, 2.05) is 0 Å². The largest absolute Gasteiger partial charge is 0.379 e. The van der Waals surface area contributed by atoms with Crippen LogP contribution in [0.5, 0.6) is 0 Å². The van der Waals surface area contributed by atoms with Gasteiger partial charge in [-0.05, 0) is 60.7 Å². The van der Waals surface area contributed by atoms with Gasteiger partial charge in [0.1, 0.15) is 17.7 Å². The lowest BCUT2D eigenvalue weighted by molar-refractivity contribution is -0.124. The van der Waals surface area contributed by atoms with Crippen LogP contribution in [-0.4, -0.2) is 72.2 Å². The first-order valence-electron chi connectivity index (χ1n) is 10.7. The van der Waals surface area contributed by atoms with E-state index >= 15 is 0 Å². The number of anilines is 2. The molecule has 2 aliphatic heterocycles. The van der Waals surface area contributed by atoms with Gasteiger partial charge in [0.05, 0.1) is 25.3 Å². The molecule has 0 aliphatic carbocycles. The predicted octanol–water partition coefficient (Wildman–Crippen LogP) is 2.63. The second-order valence-electron chi connectivity index (χ2n) is 7.86. The third-order valence-corrected chi connectivity index (χ3v) is 6.09. The number of halogens is 2. The van der Waals surface area contributed by atoms with E-state index in [4.69, 9.17) is 17.0 Å². The Morgan fingerprint density at radius 1 is 1.00 bits per heavy atom. The molecule has 2 aromatic carbocycles. The summed E-state index contributed by atoms with van der Waals surface area (Å²) in [4.78, 5) is 31.4. The SMILES string of the molecule is O=C(C[C@@H]1C(=O)N(c2ccc(F)cc2)C(=S)N1CCN1CCOCC1)Nc1ccc(F)cc1. The zero-order valence-corrected chi connectivity index (χ0v) is 18.7. The van der Waals surface area contributed by atoms with Crippen LogP contribution >= 0.6 is 12.2 Å². The van der Waals surface area contributed by atoms with E-state index < -0.39 is 17.7 Å². The van der Waals surface area contributed by atoms with E-state index in [2.05, 4.69) is 10.2 Å². The van der Waals surface area contributed by atoms with E-state index in [0.29, 0.717) is 37.7 Å². The van der Waals surface area contributed by atoms with Gasteiger partial charge in [0.2, 0.25) is 5.91 Å². The van der Waals surface area contributed by atoms with Gasteiger partial charge in [-0.25, -0.2) is 8.78 Å². The van der Waals surface area contributed by atoms with Crippen molar-refractivity contribution in [2.75, 3.05) is 49.6 Å². The summed E-state index contributed by atoms with van der Waals surface area (Å²) in [5.74, 6) is -1.56. The Kier molecular flexibility index (Phi) is 7.26. The molecule has 2 amide bonds. The van der Waals surface area contributed by atoms with Crippen molar-refractivity contribution in [3.05, 3.63) is 60.2 Å². The molecule has 174 valence electrons. The summed E-state index contributed by atoms with van der Waals surface area (Å²) in [7, 11) is 0. The number of carbonyl (C=O) groups is 2. The molecule has 2 aromatic rings. The third kappa shape index (κ3) is 5.52. The molecule has 1 N–H and O–H groups in total. The number of nitrogens with zero attached hydrogens (tertiary/aromatic N) is 3. The highest BCUT2D eigenvalue weighted by atomic mass is 32.1. The van der Waals surface area contributed by atoms with Gasteiger partial charge in [0.25, 0.3) is 5.91 Å². The average Bonchev–Trinajstić information content (AvgIpc) is 3.04. The first-order chi connectivity index (χ1) is 15.9. The Balaban J connectivity index is 1.51. The number of morpholine rings is 1. The van der Waals surface area contributed by atoms with Crippen molar-refractivity contribution in [1.82, 2.24) is 9.80 Å². The number of rotatable bonds is 7. The molecule has 7 nitrogen and oxygen atoms in total. The molecule has 0 aromatic heterocycles. The number of carbonyl (C=O) groups excluding carboxylic acids is 2. The molecule has 2 saturated heterocycles. The minimum Gasteiger partial charge on any atom is -0.379 e. The van der Waals surface area contributed by atoms with Gasteiger partial charge < -0.3 is 15.0 Å². The summed E-state index contributed by atoms with van der Waals surface area (Å²) in [5.41, 5.74) is 0.883. The van der Waals surface area contributed by atoms with Crippen molar-refractivity contribution in [3.63, 3.8) is 0 Å². The van der Waals surface area contributed by atoms with Crippen molar-refractivity contribution < 1.29 is 23.1 Å². The van der Waals surface area contributed by atoms with Gasteiger partial charge in [-0.2, -0.15) is 0 Å². The molecular formula is C23H24F2N4O3S. The van der Waals surface area contributed by atoms with Crippen molar-refractivity contribution in [2.45, 2.75) is 12.5 Å². The fourth-order valence-corrected chi connectivity index (χ4v) is 4.32. The van der Waals surface area contributed by atoms with Gasteiger partial charge in [-0.15, -0.1) is 0 Å². The molecule has 0 unspecified atom stereocenters. The fraction of sp³-hybridized carbons (Fsp3) is 0.348. The van der Waals surface area contributed by atoms with Crippen LogP contribution in [-0.2, 0) is 14.3 Å². The number of hydrogen-bond donors (Lipinski definition) is 1. The number of ether oxygens (including phenoxy) is 1. The maximum Gasteiger partial charge on any atom is 0.256 e. The lowest BCUT2D eigenvalue weighted by Gasteiger charge is -2.30. The maximum atomic E-state index is 13.4. The summed E-state index contributed by atoms with van der Waals surface area (Å²) >= 11 is 5.62. The van der Waals surface area contributed by atoms with E-state index in [1.165, 1.54) is 53.4 Å². The predicted molar refractivity (Wildman–Crippen MR) is 124 cm³/mol. The highest BCUT2D eigenvalue weighted by molar-refractivity contribution is 7.80. The third-order valence-electron chi connectivity index (χ3n) is 5.67. The molecule has 0 saturated carbocycles. The standard InChI is InChI=1S/C23H24F2N4O3S/c24-16-1-5-18(6-2-16)26-21(30)15-20-22(31)29(19-7-3-17(25)4-8-19)23(33)28(20)10-9-27-11-13-32-14-12-27/h1-8,20H,9-15H2,(H,26,30)/t20-/m1/s1. The van der Waals surface area contributed by atoms with Crippen molar-refractivity contribution >= 4 is 40.5 Å². The Hall–Kier alpha value is -2.95. The summed E-state index contributed by atoms with van der Waals surface area (Å²) in [5, 5.41) is 2.97. The molecule has 2 aliphatic rings. The van der Waals surface area contributed by atoms with Crippen molar-refractivity contribution in [3.8, 4) is 0 Å². The molecule has 0 spiro atoms. The van der Waals surface area contributed by atoms with Gasteiger partial charge >= 0.3 is 0 Å². The normalized spacial score (nSPS) is 19.3. The first-order valence-corrected chi connectivity index (χ1v) is 11.1. The van der Waals surface area contributed by atoms with Gasteiger partial charge in [0.15, 0.2) is 5.11 Å². The highest BCUT2D eigenvalue weighted by Crippen LogP contribution is 2.27. The number of thiocarbonyl (C=S) groups is 1. The molecule has 0 radical (unpaired) electrons. The molecule has 33 heavy (non-hydrogen) atoms. The topological polar surface area (TPSA) is 65.1 Å². The van der Waals surface area contributed by atoms with E-state index in [-0.39, 0.29) is 23.3 Å². The average molecular weight is 475 g/mol. The zero-order chi connectivity index (χ0) is 23.4. The number of nitrogens with one attached hydrogen (secondary N) is 1. The molecule has 4 rings (SSSR count). The Labute approximate surface area is 195 Å². The lowest BCUT2D eigenvalue weighted by Crippen LogP contribution is -2.45. The quantitative estimate of drug-likeness (QED) is 0.623. The van der Waals surface area contributed by atoms with Crippen molar-refractivity contribution in [1.29, 1.82) is 0 Å². The monoisotopic (exact) mass is 474 g/mol. The van der Waals surface area contributed by atoms with Crippen LogP contribution in [0.3, 0.4) is 0 Å². The summed E-state index contributed by atoms with van der Waals surface area (Å²) in [6, 6.07) is 10.1. The van der Waals surface area contributed by atoms with Crippen molar-refractivity contribution in [2.24, 2.45) is 0 Å². The second-order valence-corrected chi connectivity index (χ2v) is 8.22. The Morgan fingerprint density at radius 2 is 1.61 bits per heavy atom. The van der Waals surface area contributed by atoms with E-state index in [9.17, 15) is 18.4 Å². The second kappa shape index (κ2) is 10.3. The minimum absolute atomic E-state index is 0.128. The van der Waals surface area contributed by atoms with Gasteiger partial charge in [-0.3, -0.25) is 19.4 Å². The van der Waals surface area contributed by atoms with E-state index in [0.717, 1.165) is 13.1 Å². The lowest BCUT2D eigenvalue weighted by atomic mass is 10.1. The van der Waals surface area contributed by atoms with Crippen LogP contribution in [0.2, 0.25) is 0 Å². The molecule has 10 heteroatoms. The number of benzene rings is 2. The molecule has 1 atom stereocenters. The first kappa shape index (κ1) is 23.2. The van der Waals surface area contributed by atoms with Gasteiger partial charge in [0, 0.05) is 31.9 Å². The van der Waals surface area contributed by atoms with Crippen LogP contribution in [0, 0.1) is 11.6 Å². The summed E-state index contributed by atoms with van der Waals surface area (Å²) in [6.45, 7) is 3.97. The zero-order valence-electron chi connectivity index (χ0n) is 17.9. The molecular weight excluding hydrogens is 450 g/mol. The van der Waals surface area contributed by atoms with Crippen LogP contribution in [0.4, 0.5) is 20.2 Å². The maximum absolute atomic E-state index is 13.4. The summed E-state index contributed by atoms with van der Waals surface area (Å²) in [6.07, 6.45) is -0.128. The Bertz CT molecular complexity index is 1010. The minimum atomic E-state index is -0.802. The van der Waals surface area contributed by atoms with Crippen LogP contribution in [0.25, 0.3) is 0 Å². The summed E-state index contributed by atoms with van der Waals surface area (Å²) < 4.78 is 31.9. The van der Waals surface area contributed by atoms with Crippen LogP contribution < -0.4 is 10.2 Å². The smallest absolute Gasteiger partial charge is 0.256 e. The fourth-order valence-electron chi connectivity index (χ4n) is 3.91. The number of amides is 2. The van der Waals surface area contributed by atoms with Crippen LogP contribution in [0.1, 0.15) is 6.42 Å². The molecule has 0 bridgehead atoms. The Morgan fingerprint density at radius 3 is 2.24 bits per heavy atom. The van der Waals surface area contributed by atoms with Crippen LogP contribution in [0.15, 0.2) is 48.5 Å². The van der Waals surface area contributed by atoms with Gasteiger partial charge in [-0.1, -0.05) is 0 Å². The molecule has 2 fully saturated rings. The highest BCUT2D eigenvalue weighted by Gasteiger charge is 2.44.